The van der Waals surface area contributed by atoms with Gasteiger partial charge in [0.25, 0.3) is 0 Å². The van der Waals surface area contributed by atoms with Crippen molar-refractivity contribution in [3.63, 3.8) is 0 Å². The molecule has 0 bridgehead atoms. The Hall–Kier alpha value is 2.90. The molecule has 0 aliphatic carbocycles. The minimum absolute atomic E-state index is 0. The fraction of sp³-hybridized carbons (Fsp3) is 0. The Bertz CT molecular complexity index is 3.25. The second-order valence-corrected chi connectivity index (χ2v) is 0. The second kappa shape index (κ2) is 16.8. The van der Waals surface area contributed by atoms with Gasteiger partial charge in [0.05, 0.1) is 0 Å². The van der Waals surface area contributed by atoms with E-state index in [1.165, 1.54) is 0 Å². The van der Waals surface area contributed by atoms with Crippen LogP contribution in [0.3, 0.4) is 0 Å². The molecular formula is H12DyGe3. The van der Waals surface area contributed by atoms with Crippen molar-refractivity contribution in [2.45, 2.75) is 0 Å². The number of hydrogen-bond donors (Lipinski definition) is 0. The first-order valence-corrected chi connectivity index (χ1v) is 0. The monoisotopic (exact) mass is 398 g/mol. The molecule has 0 spiro atoms. The van der Waals surface area contributed by atoms with Crippen LogP contribution >= 0.6 is 0 Å². The van der Waals surface area contributed by atoms with Crippen molar-refractivity contribution in [2.24, 2.45) is 0 Å². The van der Waals surface area contributed by atoms with Crippen molar-refractivity contribution in [3.8, 4) is 0 Å². The van der Waals surface area contributed by atoms with Gasteiger partial charge in [-0.1, -0.05) is 0 Å². The average molecular weight is 392 g/mol. The Balaban J connectivity index is 0. The van der Waals surface area contributed by atoms with Crippen LogP contribution in [0.15, 0.2) is 0 Å². The molecule has 0 aliphatic rings. The molecule has 0 aliphatic heterocycles. The van der Waals surface area contributed by atoms with Crippen molar-refractivity contribution >= 4 is 52.8 Å². The van der Waals surface area contributed by atoms with E-state index in [0.29, 0.717) is 0 Å². The molecule has 0 atom stereocenters. The fourth-order valence-corrected chi connectivity index (χ4v) is 0. The van der Waals surface area contributed by atoms with Crippen LogP contribution in [0.2, 0.25) is 0 Å². The van der Waals surface area contributed by atoms with Crippen LogP contribution in [0, 0.1) is 38.2 Å². The molecule has 0 aromatic rings. The normalized spacial score (nSPS) is 0. The Labute approximate surface area is 89.2 Å². The second-order valence-electron chi connectivity index (χ2n) is 0. The first-order chi connectivity index (χ1) is 0. The van der Waals surface area contributed by atoms with Crippen LogP contribution in [0.4, 0.5) is 0 Å². The van der Waals surface area contributed by atoms with Crippen molar-refractivity contribution in [2.75, 3.05) is 0 Å². The Kier molecular flexibility index (Phi) is 120. The van der Waals surface area contributed by atoms with Gasteiger partial charge in [0.15, 0.2) is 0 Å². The molecular weight excluding hydrogens is 380 g/mol. The number of hydrogen-bond acceptors (Lipinski definition) is 0. The summed E-state index contributed by atoms with van der Waals surface area (Å²) in [6.07, 6.45) is 0. The molecule has 0 saturated carbocycles. The van der Waals surface area contributed by atoms with Crippen molar-refractivity contribution in [3.05, 3.63) is 0 Å². The van der Waals surface area contributed by atoms with Crippen LogP contribution in [0.25, 0.3) is 0 Å². The van der Waals surface area contributed by atoms with Gasteiger partial charge < -0.3 is 0 Å². The first kappa shape index (κ1) is 28.6. The molecule has 0 amide bonds. The van der Waals surface area contributed by atoms with Gasteiger partial charge in [-0.25, -0.2) is 0 Å². The molecule has 0 aromatic carbocycles. The summed E-state index contributed by atoms with van der Waals surface area (Å²) in [6.45, 7) is 0. The molecule has 4 heteroatoms. The van der Waals surface area contributed by atoms with Crippen LogP contribution in [-0.2, 0) is 0 Å². The van der Waals surface area contributed by atoms with Gasteiger partial charge in [0.1, 0.15) is 0 Å². The molecule has 0 aromatic heterocycles. The van der Waals surface area contributed by atoms with Crippen molar-refractivity contribution in [1.82, 2.24) is 0 Å². The maximum atomic E-state index is 0. The Morgan fingerprint density at radius 3 is 0.500 bits per heavy atom. The quantitative estimate of drug-likeness (QED) is 0.366. The summed E-state index contributed by atoms with van der Waals surface area (Å²) in [6, 6.07) is 0. The summed E-state index contributed by atoms with van der Waals surface area (Å²) in [7, 11) is 0. The van der Waals surface area contributed by atoms with Gasteiger partial charge in [-0.05, 0) is 0 Å². The molecule has 0 saturated heterocycles. The zero-order chi connectivity index (χ0) is 0. The van der Waals surface area contributed by atoms with E-state index in [1.807, 2.05) is 0 Å². The molecule has 0 fully saturated rings. The summed E-state index contributed by atoms with van der Waals surface area (Å²) >= 11 is 0. The van der Waals surface area contributed by atoms with Crippen LogP contribution in [-0.4, -0.2) is 52.8 Å². The third kappa shape index (κ3) is 8.86. The van der Waals surface area contributed by atoms with Crippen LogP contribution in [0.5, 0.6) is 0 Å². The van der Waals surface area contributed by atoms with Gasteiger partial charge in [-0.15, -0.1) is 0 Å². The van der Waals surface area contributed by atoms with Crippen molar-refractivity contribution in [1.29, 1.82) is 0 Å². The third-order valence-corrected chi connectivity index (χ3v) is 0. The maximum absolute atomic E-state index is 0. The van der Waals surface area contributed by atoms with E-state index in [9.17, 15) is 0 Å². The predicted molar refractivity (Wildman–Crippen MR) is 34.0 cm³/mol. The van der Waals surface area contributed by atoms with Gasteiger partial charge in [-0.2, -0.15) is 0 Å². The van der Waals surface area contributed by atoms with Crippen LogP contribution < -0.4 is 0 Å². The van der Waals surface area contributed by atoms with E-state index >= 15 is 0 Å². The van der Waals surface area contributed by atoms with Crippen LogP contribution in [0.1, 0.15) is 0 Å². The van der Waals surface area contributed by atoms with E-state index in [0.717, 1.165) is 0 Å². The molecule has 34 valence electrons. The molecule has 0 nitrogen and oxygen atoms in total. The van der Waals surface area contributed by atoms with E-state index in [1.54, 1.807) is 0 Å². The Morgan fingerprint density at radius 1 is 0.500 bits per heavy atom. The van der Waals surface area contributed by atoms with Gasteiger partial charge in [0.2, 0.25) is 0 Å². The summed E-state index contributed by atoms with van der Waals surface area (Å²) in [5.41, 5.74) is 0. The standard InChI is InChI=1S/Dy.3GeH4/h;3*1H4. The topological polar surface area (TPSA) is 0 Å². The molecule has 0 unspecified atom stereocenters. The van der Waals surface area contributed by atoms with Gasteiger partial charge in [-0.3, -0.25) is 0 Å². The zero-order valence-corrected chi connectivity index (χ0v) is 2.35. The summed E-state index contributed by atoms with van der Waals surface area (Å²) in [4.78, 5) is 0. The third-order valence-electron chi connectivity index (χ3n) is 0. The molecule has 0 heterocycles. The summed E-state index contributed by atoms with van der Waals surface area (Å²) < 4.78 is 0. The van der Waals surface area contributed by atoms with Crippen molar-refractivity contribution < 1.29 is 38.2 Å². The average Bonchev–Trinajstić information content (AvgIpc) is 0. The molecule has 4 heavy (non-hydrogen) atoms. The van der Waals surface area contributed by atoms with Gasteiger partial charge in [0, 0.05) is 38.2 Å². The molecule has 0 radical (unpaired) electrons. The van der Waals surface area contributed by atoms with Gasteiger partial charge >= 0.3 is 52.8 Å². The Morgan fingerprint density at radius 2 is 0.500 bits per heavy atom. The van der Waals surface area contributed by atoms with E-state index < -0.39 is 0 Å². The predicted octanol–water partition coefficient (Wildman–Crippen LogP) is -4.35. The zero-order valence-electron chi connectivity index (χ0n) is 0.316. The SMILES string of the molecule is [Dy].[GeH4].[GeH4].[GeH4]. The van der Waals surface area contributed by atoms with E-state index in [-0.39, 0.29) is 91.0 Å². The van der Waals surface area contributed by atoms with E-state index in [4.69, 9.17) is 0 Å². The first-order valence-electron chi connectivity index (χ1n) is 0. The van der Waals surface area contributed by atoms with E-state index in [2.05, 4.69) is 0 Å². The number of rotatable bonds is 0. The minimum atomic E-state index is 0. The fourth-order valence-electron chi connectivity index (χ4n) is 0. The summed E-state index contributed by atoms with van der Waals surface area (Å²) in [5, 5.41) is 0. The molecule has 0 N–H and O–H groups in total. The summed E-state index contributed by atoms with van der Waals surface area (Å²) in [5.74, 6) is 0. The molecule has 0 rings (SSSR count).